The van der Waals surface area contributed by atoms with Crippen LogP contribution in [0.5, 0.6) is 0 Å². The van der Waals surface area contributed by atoms with Crippen molar-refractivity contribution in [1.82, 2.24) is 10.6 Å². The molecule has 0 aromatic heterocycles. The van der Waals surface area contributed by atoms with Crippen molar-refractivity contribution < 1.29 is 38.4 Å². The monoisotopic (exact) mass is 538 g/mol. The summed E-state index contributed by atoms with van der Waals surface area (Å²) < 4.78 is 23.0. The minimum Gasteiger partial charge on any atom is -0.460 e. The number of carbonyl (C=O) groups is 3. The Morgan fingerprint density at radius 1 is 1.13 bits per heavy atom. The van der Waals surface area contributed by atoms with Gasteiger partial charge in [0, 0.05) is 7.11 Å². The Hall–Kier alpha value is -2.01. The average molecular weight is 539 g/mol. The van der Waals surface area contributed by atoms with Gasteiger partial charge in [-0.05, 0) is 44.9 Å². The smallest absolute Gasteiger partial charge is 0.309 e. The molecule has 10 nitrogen and oxygen atoms in total. The molecule has 3 N–H and O–H groups in total. The van der Waals surface area contributed by atoms with Crippen molar-refractivity contribution in [3.63, 3.8) is 0 Å². The van der Waals surface area contributed by atoms with E-state index in [4.69, 9.17) is 18.9 Å². The number of allylic oxidation sites excluding steroid dienone is 1. The highest BCUT2D eigenvalue weighted by atomic mass is 16.7. The normalized spacial score (nSPS) is 31.8. The molecule has 1 saturated carbocycles. The highest BCUT2D eigenvalue weighted by molar-refractivity contribution is 5.90. The lowest BCUT2D eigenvalue weighted by Crippen LogP contribution is -2.62. The van der Waals surface area contributed by atoms with Gasteiger partial charge in [-0.15, -0.1) is 0 Å². The van der Waals surface area contributed by atoms with E-state index in [-0.39, 0.29) is 29.8 Å². The van der Waals surface area contributed by atoms with Crippen LogP contribution in [-0.4, -0.2) is 78.9 Å². The van der Waals surface area contributed by atoms with Crippen molar-refractivity contribution in [1.29, 1.82) is 0 Å². The van der Waals surface area contributed by atoms with Crippen LogP contribution in [0.1, 0.15) is 79.6 Å². The first-order valence-corrected chi connectivity index (χ1v) is 13.8. The van der Waals surface area contributed by atoms with Crippen molar-refractivity contribution in [3.05, 3.63) is 12.2 Å². The fourth-order valence-corrected chi connectivity index (χ4v) is 5.19. The van der Waals surface area contributed by atoms with Crippen LogP contribution in [0.15, 0.2) is 12.2 Å². The summed E-state index contributed by atoms with van der Waals surface area (Å²) in [5.74, 6) is -2.29. The Morgan fingerprint density at radius 3 is 2.45 bits per heavy atom. The summed E-state index contributed by atoms with van der Waals surface area (Å²) >= 11 is 0. The summed E-state index contributed by atoms with van der Waals surface area (Å²) in [6.07, 6.45) is 4.81. The van der Waals surface area contributed by atoms with E-state index in [1.54, 1.807) is 19.9 Å². The minimum absolute atomic E-state index is 0.0714. The zero-order chi connectivity index (χ0) is 28.1. The van der Waals surface area contributed by atoms with E-state index in [9.17, 15) is 19.5 Å². The second-order valence-corrected chi connectivity index (χ2v) is 12.2. The van der Waals surface area contributed by atoms with E-state index in [2.05, 4.69) is 10.6 Å². The number of aliphatic hydroxyl groups excluding tert-OH is 1. The highest BCUT2D eigenvalue weighted by Gasteiger charge is 2.48. The molecule has 0 spiro atoms. The molecule has 3 fully saturated rings. The van der Waals surface area contributed by atoms with Crippen molar-refractivity contribution in [2.45, 2.75) is 122 Å². The largest absolute Gasteiger partial charge is 0.460 e. The molecule has 3 rings (SSSR count). The molecule has 0 aromatic rings. The Kier molecular flexibility index (Phi) is 10.4. The minimum atomic E-state index is -1.19. The van der Waals surface area contributed by atoms with E-state index >= 15 is 0 Å². The third kappa shape index (κ3) is 8.49. The number of carbonyl (C=O) groups excluding carboxylic acids is 3. The topological polar surface area (TPSA) is 132 Å². The van der Waals surface area contributed by atoms with E-state index < -0.39 is 48.3 Å². The molecule has 0 radical (unpaired) electrons. The molecule has 3 aliphatic rings. The van der Waals surface area contributed by atoms with Crippen LogP contribution < -0.4 is 10.6 Å². The van der Waals surface area contributed by atoms with E-state index in [0.717, 1.165) is 32.1 Å². The number of hydrogen-bond acceptors (Lipinski definition) is 8. The lowest BCUT2D eigenvalue weighted by atomic mass is 9.89. The Morgan fingerprint density at radius 2 is 1.82 bits per heavy atom. The molecule has 38 heavy (non-hydrogen) atoms. The molecule has 1 unspecified atom stereocenters. The van der Waals surface area contributed by atoms with Gasteiger partial charge in [0.25, 0.3) is 5.91 Å². The van der Waals surface area contributed by atoms with Crippen molar-refractivity contribution in [3.8, 4) is 0 Å². The van der Waals surface area contributed by atoms with Gasteiger partial charge in [0.2, 0.25) is 5.91 Å². The molecular weight excluding hydrogens is 492 g/mol. The van der Waals surface area contributed by atoms with Crippen LogP contribution in [-0.2, 0) is 33.3 Å². The van der Waals surface area contributed by atoms with Crippen molar-refractivity contribution in [2.75, 3.05) is 13.7 Å². The van der Waals surface area contributed by atoms with Gasteiger partial charge in [-0.1, -0.05) is 52.2 Å². The number of ether oxygens (including phenoxy) is 4. The van der Waals surface area contributed by atoms with Gasteiger partial charge in [0.1, 0.15) is 30.5 Å². The summed E-state index contributed by atoms with van der Waals surface area (Å²) in [6.45, 7) is 9.71. The molecule has 6 atom stereocenters. The van der Waals surface area contributed by atoms with Gasteiger partial charge in [-0.25, -0.2) is 0 Å². The number of nitrogens with one attached hydrogen (secondary N) is 2. The standard InChI is InChI=1S/C28H46N2O8/c1-27(2,3)15-14-20-21(31)22(38-28(4,5)37-20)23(35-6)25(33)30-19-13-12-18(16-29-24(19)32)36-26(34)17-10-8-7-9-11-17/h14-15,17-23,31H,7-13,16H2,1-6H3,(H,29,32)(H,30,33)/b15-14+/t18-,19?,20-,21-,22-,23-/m1/s1. The Balaban J connectivity index is 1.62. The van der Waals surface area contributed by atoms with E-state index in [1.807, 2.05) is 26.8 Å². The second-order valence-electron chi connectivity index (χ2n) is 12.2. The maximum atomic E-state index is 13.3. The van der Waals surface area contributed by atoms with E-state index in [0.29, 0.717) is 12.8 Å². The Bertz CT molecular complexity index is 861. The van der Waals surface area contributed by atoms with Crippen LogP contribution in [0, 0.1) is 11.3 Å². The van der Waals surface area contributed by atoms with Gasteiger partial charge in [0.15, 0.2) is 11.9 Å². The maximum absolute atomic E-state index is 13.3. The number of methoxy groups -OCH3 is 1. The number of rotatable bonds is 7. The maximum Gasteiger partial charge on any atom is 0.309 e. The molecule has 0 aromatic carbocycles. The second kappa shape index (κ2) is 12.9. The predicted octanol–water partition coefficient (Wildman–Crippen LogP) is 2.37. The molecule has 2 saturated heterocycles. The van der Waals surface area contributed by atoms with Crippen LogP contribution >= 0.6 is 0 Å². The summed E-state index contributed by atoms with van der Waals surface area (Å²) in [5.41, 5.74) is -0.130. The van der Waals surface area contributed by atoms with Crippen molar-refractivity contribution in [2.24, 2.45) is 11.3 Å². The number of esters is 1. The number of hydrogen-bond donors (Lipinski definition) is 3. The van der Waals surface area contributed by atoms with Gasteiger partial charge in [0.05, 0.1) is 12.5 Å². The summed E-state index contributed by atoms with van der Waals surface area (Å²) in [7, 11) is 1.36. The number of aliphatic hydroxyl groups is 1. The third-order valence-corrected chi connectivity index (χ3v) is 7.25. The Labute approximate surface area is 226 Å². The van der Waals surface area contributed by atoms with Gasteiger partial charge in [-0.3, -0.25) is 14.4 Å². The molecular formula is C28H46N2O8. The third-order valence-electron chi connectivity index (χ3n) is 7.25. The molecule has 2 aliphatic heterocycles. The zero-order valence-electron chi connectivity index (χ0n) is 23.7. The summed E-state index contributed by atoms with van der Waals surface area (Å²) in [6, 6.07) is -0.833. The molecule has 2 amide bonds. The van der Waals surface area contributed by atoms with Gasteiger partial charge < -0.3 is 34.7 Å². The molecule has 10 heteroatoms. The summed E-state index contributed by atoms with van der Waals surface area (Å²) in [4.78, 5) is 38.6. The van der Waals surface area contributed by atoms with Crippen LogP contribution in [0.3, 0.4) is 0 Å². The fraction of sp³-hybridized carbons (Fsp3) is 0.821. The SMILES string of the molecule is CO[C@@H](C(=O)NC1CC[C@@H](OC(=O)C2CCCCC2)CNC1=O)[C@@H]1OC(C)(C)O[C@H](/C=C/C(C)(C)C)[C@H]1O. The van der Waals surface area contributed by atoms with Crippen LogP contribution in [0.4, 0.5) is 0 Å². The zero-order valence-corrected chi connectivity index (χ0v) is 23.7. The van der Waals surface area contributed by atoms with Crippen LogP contribution in [0.2, 0.25) is 0 Å². The number of amides is 2. The average Bonchev–Trinajstić information content (AvgIpc) is 3.01. The predicted molar refractivity (Wildman–Crippen MR) is 140 cm³/mol. The van der Waals surface area contributed by atoms with Crippen LogP contribution in [0.25, 0.3) is 0 Å². The van der Waals surface area contributed by atoms with E-state index in [1.165, 1.54) is 7.11 Å². The first kappa shape index (κ1) is 30.5. The lowest BCUT2D eigenvalue weighted by molar-refractivity contribution is -0.334. The molecule has 1 aliphatic carbocycles. The molecule has 0 bridgehead atoms. The molecule has 216 valence electrons. The first-order chi connectivity index (χ1) is 17.8. The van der Waals surface area contributed by atoms with Gasteiger partial charge >= 0.3 is 5.97 Å². The molecule has 2 heterocycles. The summed E-state index contributed by atoms with van der Waals surface area (Å²) in [5, 5.41) is 16.6. The highest BCUT2D eigenvalue weighted by Crippen LogP contribution is 2.31. The quantitative estimate of drug-likeness (QED) is 0.333. The lowest BCUT2D eigenvalue weighted by Gasteiger charge is -2.45. The van der Waals surface area contributed by atoms with Crippen molar-refractivity contribution >= 4 is 17.8 Å². The fourth-order valence-electron chi connectivity index (χ4n) is 5.19. The van der Waals surface area contributed by atoms with Gasteiger partial charge in [-0.2, -0.15) is 0 Å². The first-order valence-electron chi connectivity index (χ1n) is 13.8.